The quantitative estimate of drug-likeness (QED) is 0.303. The first-order valence-electron chi connectivity index (χ1n) is 7.66. The van der Waals surface area contributed by atoms with Crippen LogP contribution in [0.15, 0.2) is 21.8 Å². The van der Waals surface area contributed by atoms with Gasteiger partial charge in [-0.2, -0.15) is 0 Å². The predicted octanol–water partition coefficient (Wildman–Crippen LogP) is -1.94. The maximum Gasteiger partial charge on any atom is 0.354 e. The van der Waals surface area contributed by atoms with E-state index in [0.717, 1.165) is 16.3 Å². The second kappa shape index (κ2) is 7.24. The minimum absolute atomic E-state index is 0.113. The molecule has 0 aromatic carbocycles. The smallest absolute Gasteiger partial charge is 0.354 e. The van der Waals surface area contributed by atoms with Crippen LogP contribution in [0.1, 0.15) is 5.69 Å². The Kier molecular flexibility index (Phi) is 4.98. The number of nitrogens with zero attached hydrogens (tertiary/aromatic N) is 4. The van der Waals surface area contributed by atoms with Crippen molar-refractivity contribution in [2.75, 3.05) is 25.9 Å². The number of nitrogens with two attached hydrogens (primary N) is 1. The number of fused-ring (bicyclic) bond motifs is 1. The van der Waals surface area contributed by atoms with Gasteiger partial charge in [0.05, 0.1) is 12.1 Å². The summed E-state index contributed by atoms with van der Waals surface area (Å²) >= 11 is 1.08. The highest BCUT2D eigenvalue weighted by Gasteiger charge is 2.49. The molecule has 0 saturated carbocycles. The van der Waals surface area contributed by atoms with Crippen molar-refractivity contribution < 1.29 is 34.2 Å². The minimum atomic E-state index is -1.56. The Morgan fingerprint density at radius 1 is 1.39 bits per heavy atom. The Morgan fingerprint density at radius 3 is 2.64 bits per heavy atom. The number of thiazole rings is 1. The molecular weight excluding hydrogens is 396 g/mol. The molecule has 0 bridgehead atoms. The number of amides is 2. The van der Waals surface area contributed by atoms with Gasteiger partial charge in [-0.25, -0.2) is 24.6 Å². The SMILES string of the molecule is CO/N=C(\C(=O)NC1CN2CC(C(=O)O)=C(C(=O)O)N2C1=O)c1csc(N)n1. The fourth-order valence-electron chi connectivity index (χ4n) is 2.84. The van der Waals surface area contributed by atoms with Crippen LogP contribution in [0, 0.1) is 0 Å². The second-order valence-corrected chi connectivity index (χ2v) is 6.54. The third-order valence-electron chi connectivity index (χ3n) is 3.95. The Bertz CT molecular complexity index is 938. The molecule has 2 amide bonds. The maximum absolute atomic E-state index is 12.6. The van der Waals surface area contributed by atoms with Crippen LogP contribution in [0.4, 0.5) is 5.13 Å². The van der Waals surface area contributed by atoms with E-state index in [4.69, 9.17) is 10.8 Å². The van der Waals surface area contributed by atoms with E-state index in [1.54, 1.807) is 0 Å². The summed E-state index contributed by atoms with van der Waals surface area (Å²) in [5.74, 6) is -4.56. The second-order valence-electron chi connectivity index (χ2n) is 5.65. The number of anilines is 1. The lowest BCUT2D eigenvalue weighted by Crippen LogP contribution is -2.46. The van der Waals surface area contributed by atoms with Gasteiger partial charge in [-0.15, -0.1) is 11.3 Å². The lowest BCUT2D eigenvalue weighted by molar-refractivity contribution is -0.143. The van der Waals surface area contributed by atoms with Crippen molar-refractivity contribution in [2.45, 2.75) is 6.04 Å². The van der Waals surface area contributed by atoms with Crippen LogP contribution >= 0.6 is 11.3 Å². The number of carboxylic acids is 2. The summed E-state index contributed by atoms with van der Waals surface area (Å²) in [5, 5.41) is 28.1. The monoisotopic (exact) mass is 410 g/mol. The lowest BCUT2D eigenvalue weighted by Gasteiger charge is -2.18. The van der Waals surface area contributed by atoms with Crippen LogP contribution in [0.3, 0.4) is 0 Å². The van der Waals surface area contributed by atoms with E-state index in [1.165, 1.54) is 17.5 Å². The third-order valence-corrected chi connectivity index (χ3v) is 4.62. The van der Waals surface area contributed by atoms with Crippen LogP contribution in [-0.4, -0.2) is 80.9 Å². The molecule has 3 rings (SSSR count). The highest BCUT2D eigenvalue weighted by molar-refractivity contribution is 7.13. The number of aromatic nitrogens is 1. The summed E-state index contributed by atoms with van der Waals surface area (Å²) in [6.07, 6.45) is 0. The van der Waals surface area contributed by atoms with Crippen molar-refractivity contribution in [3.05, 3.63) is 22.3 Å². The van der Waals surface area contributed by atoms with Crippen molar-refractivity contribution >= 4 is 45.9 Å². The molecule has 0 radical (unpaired) electrons. The number of hydrogen-bond donors (Lipinski definition) is 4. The first-order valence-corrected chi connectivity index (χ1v) is 8.54. The van der Waals surface area contributed by atoms with Gasteiger partial charge in [-0.1, -0.05) is 5.16 Å². The van der Waals surface area contributed by atoms with E-state index in [0.29, 0.717) is 0 Å². The number of nitrogen functional groups attached to an aromatic ring is 1. The Balaban J connectivity index is 1.81. The van der Waals surface area contributed by atoms with E-state index in [2.05, 4.69) is 20.3 Å². The van der Waals surface area contributed by atoms with Crippen LogP contribution in [0.5, 0.6) is 0 Å². The first-order chi connectivity index (χ1) is 13.2. The number of carbonyl (C=O) groups excluding carboxylic acids is 2. The van der Waals surface area contributed by atoms with E-state index in [-0.39, 0.29) is 29.6 Å². The van der Waals surface area contributed by atoms with Gasteiger partial charge in [0.25, 0.3) is 11.8 Å². The van der Waals surface area contributed by atoms with Crippen molar-refractivity contribution in [2.24, 2.45) is 5.16 Å². The molecule has 1 fully saturated rings. The van der Waals surface area contributed by atoms with Crippen LogP contribution in [0.25, 0.3) is 0 Å². The van der Waals surface area contributed by atoms with Gasteiger partial charge in [0.15, 0.2) is 16.5 Å². The van der Waals surface area contributed by atoms with E-state index in [9.17, 15) is 24.3 Å². The molecule has 0 spiro atoms. The predicted molar refractivity (Wildman–Crippen MR) is 92.7 cm³/mol. The van der Waals surface area contributed by atoms with Gasteiger partial charge in [0, 0.05) is 11.9 Å². The molecule has 1 unspecified atom stereocenters. The average molecular weight is 410 g/mol. The molecule has 0 aliphatic carbocycles. The highest BCUT2D eigenvalue weighted by Crippen LogP contribution is 2.29. The molecule has 3 heterocycles. The summed E-state index contributed by atoms with van der Waals surface area (Å²) in [4.78, 5) is 56.4. The normalized spacial score (nSPS) is 19.8. The van der Waals surface area contributed by atoms with Gasteiger partial charge in [-0.05, 0) is 0 Å². The molecule has 1 aromatic rings. The lowest BCUT2D eigenvalue weighted by atomic mass is 10.1. The number of carbonyl (C=O) groups is 4. The topological polar surface area (TPSA) is 188 Å². The Hall–Kier alpha value is -3.52. The van der Waals surface area contributed by atoms with E-state index in [1.807, 2.05) is 0 Å². The summed E-state index contributed by atoms with van der Waals surface area (Å²) in [7, 11) is 1.23. The Morgan fingerprint density at radius 2 is 2.11 bits per heavy atom. The van der Waals surface area contributed by atoms with Crippen LogP contribution in [-0.2, 0) is 24.0 Å². The van der Waals surface area contributed by atoms with Crippen molar-refractivity contribution in [1.29, 1.82) is 0 Å². The molecule has 1 aromatic heterocycles. The summed E-state index contributed by atoms with van der Waals surface area (Å²) in [5.41, 5.74) is 4.42. The van der Waals surface area contributed by atoms with Gasteiger partial charge in [0.2, 0.25) is 0 Å². The molecule has 5 N–H and O–H groups in total. The fraction of sp³-hybridized carbons (Fsp3) is 0.286. The number of hydrazine groups is 1. The van der Waals surface area contributed by atoms with Gasteiger partial charge >= 0.3 is 11.9 Å². The highest BCUT2D eigenvalue weighted by atomic mass is 32.1. The molecule has 14 heteroatoms. The molecule has 1 atom stereocenters. The van der Waals surface area contributed by atoms with Crippen molar-refractivity contribution in [3.8, 4) is 0 Å². The number of nitrogens with one attached hydrogen (secondary N) is 1. The standard InChI is InChI=1S/C14H14N6O7S/c1-27-18-8(7-4-28-14(15)17-7)10(21)16-6-3-19-2-5(12(23)24)9(13(25)26)20(19)11(6)22/h4,6H,2-3H2,1H3,(H2,15,17)(H,16,21)(H,23,24)(H,25,26)/b18-8-. The molecule has 13 nitrogen and oxygen atoms in total. The summed E-state index contributed by atoms with van der Waals surface area (Å²) in [6, 6.07) is -1.12. The molecule has 2 aliphatic heterocycles. The molecule has 148 valence electrons. The minimum Gasteiger partial charge on any atom is -0.478 e. The van der Waals surface area contributed by atoms with Crippen molar-refractivity contribution in [1.82, 2.24) is 20.3 Å². The average Bonchev–Trinajstić information content (AvgIpc) is 3.28. The number of carboxylic acid groups (broad SMARTS) is 2. The zero-order chi connectivity index (χ0) is 20.6. The fourth-order valence-corrected chi connectivity index (χ4v) is 3.39. The van der Waals surface area contributed by atoms with Gasteiger partial charge in [0.1, 0.15) is 18.8 Å². The maximum atomic E-state index is 12.6. The molecule has 28 heavy (non-hydrogen) atoms. The number of oxime groups is 1. The zero-order valence-electron chi connectivity index (χ0n) is 14.3. The number of hydrogen-bond acceptors (Lipinski definition) is 10. The van der Waals surface area contributed by atoms with Crippen molar-refractivity contribution in [3.63, 3.8) is 0 Å². The van der Waals surface area contributed by atoms with Crippen LogP contribution in [0.2, 0.25) is 0 Å². The molecule has 1 saturated heterocycles. The van der Waals surface area contributed by atoms with E-state index < -0.39 is 41.1 Å². The van der Waals surface area contributed by atoms with Gasteiger partial charge < -0.3 is 26.1 Å². The zero-order valence-corrected chi connectivity index (χ0v) is 15.1. The molecule has 2 aliphatic rings. The third kappa shape index (κ3) is 3.25. The number of aliphatic carboxylic acids is 2. The summed E-state index contributed by atoms with van der Waals surface area (Å²) < 4.78 is 0. The Labute approximate surface area is 160 Å². The van der Waals surface area contributed by atoms with E-state index >= 15 is 0 Å². The largest absolute Gasteiger partial charge is 0.478 e. The first kappa shape index (κ1) is 19.2. The number of rotatable bonds is 6. The molecular formula is C14H14N6O7S. The summed E-state index contributed by atoms with van der Waals surface area (Å²) in [6.45, 7) is -0.395. The van der Waals surface area contributed by atoms with Gasteiger partial charge in [-0.3, -0.25) is 9.59 Å². The van der Waals surface area contributed by atoms with Crippen LogP contribution < -0.4 is 11.1 Å².